The van der Waals surface area contributed by atoms with Gasteiger partial charge in [0, 0.05) is 12.5 Å². The summed E-state index contributed by atoms with van der Waals surface area (Å²) in [5, 5.41) is 0. The first-order valence-electron chi connectivity index (χ1n) is 3.66. The van der Waals surface area contributed by atoms with E-state index in [4.69, 9.17) is 4.74 Å². The Morgan fingerprint density at radius 3 is 2.78 bits per heavy atom. The third-order valence-electron chi connectivity index (χ3n) is 2.31. The predicted octanol–water partition coefficient (Wildman–Crippen LogP) is 0.337. The molecule has 2 aliphatic heterocycles. The van der Waals surface area contributed by atoms with Crippen LogP contribution in [0.3, 0.4) is 0 Å². The minimum Gasteiger partial charge on any atom is -0.373 e. The molecule has 2 heterocycles. The van der Waals surface area contributed by atoms with E-state index in [1.807, 2.05) is 0 Å². The zero-order valence-electron chi connectivity index (χ0n) is 5.84. The van der Waals surface area contributed by atoms with Crippen molar-refractivity contribution in [3.05, 3.63) is 0 Å². The molecule has 2 aliphatic rings. The molecule has 0 N–H and O–H groups in total. The minimum atomic E-state index is 0.634. The van der Waals surface area contributed by atoms with Gasteiger partial charge in [0.15, 0.2) is 0 Å². The third-order valence-corrected chi connectivity index (χ3v) is 2.31. The number of hydrogen-bond acceptors (Lipinski definition) is 2. The Kier molecular flexibility index (Phi) is 1.24. The summed E-state index contributed by atoms with van der Waals surface area (Å²) in [4.78, 5) is 2.38. The van der Waals surface area contributed by atoms with E-state index >= 15 is 0 Å². The zero-order valence-corrected chi connectivity index (χ0v) is 5.84. The van der Waals surface area contributed by atoms with Crippen LogP contribution in [0.1, 0.15) is 6.42 Å². The van der Waals surface area contributed by atoms with Crippen molar-refractivity contribution in [2.24, 2.45) is 5.92 Å². The number of likely N-dealkylation sites (tertiary alicyclic amines) is 1. The van der Waals surface area contributed by atoms with Crippen LogP contribution in [-0.4, -0.2) is 37.7 Å². The van der Waals surface area contributed by atoms with Gasteiger partial charge in [0.25, 0.3) is 0 Å². The van der Waals surface area contributed by atoms with E-state index in [1.54, 1.807) is 0 Å². The maximum absolute atomic E-state index is 5.21. The van der Waals surface area contributed by atoms with E-state index in [0.717, 1.165) is 12.5 Å². The number of epoxide rings is 1. The lowest BCUT2D eigenvalue weighted by atomic mass is 10.1. The fraction of sp³-hybridized carbons (Fsp3) is 1.00. The highest BCUT2D eigenvalue weighted by Crippen LogP contribution is 2.27. The summed E-state index contributed by atoms with van der Waals surface area (Å²) in [7, 11) is 2.18. The van der Waals surface area contributed by atoms with Crippen LogP contribution in [0.25, 0.3) is 0 Å². The van der Waals surface area contributed by atoms with Crippen LogP contribution in [0.5, 0.6) is 0 Å². The molecule has 0 aromatic heterocycles. The van der Waals surface area contributed by atoms with Gasteiger partial charge in [0.1, 0.15) is 0 Å². The highest BCUT2D eigenvalue weighted by molar-refractivity contribution is 4.85. The van der Waals surface area contributed by atoms with Crippen LogP contribution in [0.15, 0.2) is 0 Å². The first-order valence-corrected chi connectivity index (χ1v) is 3.66. The van der Waals surface area contributed by atoms with Crippen molar-refractivity contribution in [1.29, 1.82) is 0 Å². The van der Waals surface area contributed by atoms with Crippen LogP contribution in [0, 0.1) is 5.92 Å². The molecule has 2 saturated heterocycles. The van der Waals surface area contributed by atoms with Gasteiger partial charge in [-0.15, -0.1) is 0 Å². The van der Waals surface area contributed by atoms with E-state index in [9.17, 15) is 0 Å². The molecule has 0 amide bonds. The quantitative estimate of drug-likeness (QED) is 0.472. The minimum absolute atomic E-state index is 0.634. The van der Waals surface area contributed by atoms with Gasteiger partial charge in [0.05, 0.1) is 12.7 Å². The molecule has 2 heteroatoms. The van der Waals surface area contributed by atoms with Gasteiger partial charge in [-0.05, 0) is 20.0 Å². The normalized spacial score (nSPS) is 43.7. The molecule has 0 saturated carbocycles. The number of hydrogen-bond donors (Lipinski definition) is 0. The summed E-state index contributed by atoms with van der Waals surface area (Å²) >= 11 is 0. The topological polar surface area (TPSA) is 15.8 Å². The summed E-state index contributed by atoms with van der Waals surface area (Å²) in [6, 6.07) is 0. The van der Waals surface area contributed by atoms with Gasteiger partial charge in [-0.2, -0.15) is 0 Å². The largest absolute Gasteiger partial charge is 0.373 e. The SMILES string of the molecule is CN1CC[C@H]([C@H]2CO2)C1. The Labute approximate surface area is 55.8 Å². The molecule has 52 valence electrons. The second-order valence-corrected chi connectivity index (χ2v) is 3.18. The van der Waals surface area contributed by atoms with Crippen molar-refractivity contribution in [2.45, 2.75) is 12.5 Å². The summed E-state index contributed by atoms with van der Waals surface area (Å²) in [5.74, 6) is 0.856. The lowest BCUT2D eigenvalue weighted by molar-refractivity contribution is 0.319. The van der Waals surface area contributed by atoms with Gasteiger partial charge in [-0.25, -0.2) is 0 Å². The van der Waals surface area contributed by atoms with E-state index in [2.05, 4.69) is 11.9 Å². The van der Waals surface area contributed by atoms with Crippen molar-refractivity contribution in [1.82, 2.24) is 4.90 Å². The van der Waals surface area contributed by atoms with Crippen LogP contribution in [0.2, 0.25) is 0 Å². The highest BCUT2D eigenvalue weighted by atomic mass is 16.6. The lowest BCUT2D eigenvalue weighted by Gasteiger charge is -2.05. The molecule has 0 bridgehead atoms. The first kappa shape index (κ1) is 5.69. The molecule has 0 radical (unpaired) electrons. The molecule has 9 heavy (non-hydrogen) atoms. The van der Waals surface area contributed by atoms with Crippen LogP contribution in [-0.2, 0) is 4.74 Å². The molecule has 2 fully saturated rings. The van der Waals surface area contributed by atoms with Crippen LogP contribution in [0.4, 0.5) is 0 Å². The van der Waals surface area contributed by atoms with Crippen molar-refractivity contribution < 1.29 is 4.74 Å². The van der Waals surface area contributed by atoms with Gasteiger partial charge in [-0.3, -0.25) is 0 Å². The smallest absolute Gasteiger partial charge is 0.0850 e. The average Bonchev–Trinajstić information content (AvgIpc) is 2.58. The molecule has 0 aromatic carbocycles. The summed E-state index contributed by atoms with van der Waals surface area (Å²) in [5.41, 5.74) is 0. The monoisotopic (exact) mass is 127 g/mol. The standard InChI is InChI=1S/C7H13NO/c1-8-3-2-6(4-8)7-5-9-7/h6-7H,2-5H2,1H3/t6-,7+/m0/s1. The van der Waals surface area contributed by atoms with Crippen LogP contribution >= 0.6 is 0 Å². The Hall–Kier alpha value is -0.0800. The summed E-state index contributed by atoms with van der Waals surface area (Å²) in [6.07, 6.45) is 1.98. The Morgan fingerprint density at radius 2 is 2.33 bits per heavy atom. The highest BCUT2D eigenvalue weighted by Gasteiger charge is 2.35. The first-order chi connectivity index (χ1) is 4.36. The van der Waals surface area contributed by atoms with Gasteiger partial charge >= 0.3 is 0 Å². The van der Waals surface area contributed by atoms with Gasteiger partial charge in [-0.1, -0.05) is 0 Å². The molecule has 2 rings (SSSR count). The number of ether oxygens (including phenoxy) is 1. The maximum Gasteiger partial charge on any atom is 0.0850 e. The van der Waals surface area contributed by atoms with E-state index in [1.165, 1.54) is 19.5 Å². The van der Waals surface area contributed by atoms with Crippen molar-refractivity contribution in [3.8, 4) is 0 Å². The fourth-order valence-corrected chi connectivity index (χ4v) is 1.60. The Morgan fingerprint density at radius 1 is 1.56 bits per heavy atom. The second kappa shape index (κ2) is 1.96. The molecule has 0 aliphatic carbocycles. The van der Waals surface area contributed by atoms with Crippen molar-refractivity contribution in [2.75, 3.05) is 26.7 Å². The van der Waals surface area contributed by atoms with Gasteiger partial charge in [0.2, 0.25) is 0 Å². The van der Waals surface area contributed by atoms with E-state index in [0.29, 0.717) is 6.10 Å². The van der Waals surface area contributed by atoms with E-state index < -0.39 is 0 Å². The van der Waals surface area contributed by atoms with Gasteiger partial charge < -0.3 is 9.64 Å². The average molecular weight is 127 g/mol. The van der Waals surface area contributed by atoms with Crippen molar-refractivity contribution in [3.63, 3.8) is 0 Å². The molecular formula is C7H13NO. The number of nitrogens with zero attached hydrogens (tertiary/aromatic N) is 1. The second-order valence-electron chi connectivity index (χ2n) is 3.18. The molecule has 0 unspecified atom stereocenters. The molecular weight excluding hydrogens is 114 g/mol. The summed E-state index contributed by atoms with van der Waals surface area (Å²) in [6.45, 7) is 3.55. The summed E-state index contributed by atoms with van der Waals surface area (Å²) < 4.78 is 5.21. The molecule has 2 nitrogen and oxygen atoms in total. The maximum atomic E-state index is 5.21. The Balaban J connectivity index is 1.86. The zero-order chi connectivity index (χ0) is 6.27. The van der Waals surface area contributed by atoms with E-state index in [-0.39, 0.29) is 0 Å². The van der Waals surface area contributed by atoms with Crippen molar-refractivity contribution >= 4 is 0 Å². The molecule has 0 aromatic rings. The lowest BCUT2D eigenvalue weighted by Crippen LogP contribution is -2.16. The predicted molar refractivity (Wildman–Crippen MR) is 35.3 cm³/mol. The fourth-order valence-electron chi connectivity index (χ4n) is 1.60. The molecule has 2 atom stereocenters. The van der Waals surface area contributed by atoms with Crippen LogP contribution < -0.4 is 0 Å². The third kappa shape index (κ3) is 1.10. The number of rotatable bonds is 1. The molecule has 0 spiro atoms. The Bertz CT molecular complexity index is 111.